The first kappa shape index (κ1) is 11.8. The summed E-state index contributed by atoms with van der Waals surface area (Å²) in [6.45, 7) is 1.09. The fourth-order valence-electron chi connectivity index (χ4n) is 1.46. The summed E-state index contributed by atoms with van der Waals surface area (Å²) >= 11 is 0. The van der Waals surface area contributed by atoms with E-state index in [-0.39, 0.29) is 30.9 Å². The number of nitrogens with two attached hydrogens (primary N) is 1. The fraction of sp³-hybridized carbons (Fsp3) is 0.571. The maximum atomic E-state index is 5.83. The summed E-state index contributed by atoms with van der Waals surface area (Å²) < 4.78 is 2.13. The number of nitrogens with zero attached hydrogens (tertiary/aromatic N) is 2. The molecule has 0 aromatic carbocycles. The van der Waals surface area contributed by atoms with Crippen molar-refractivity contribution in [1.82, 2.24) is 9.55 Å². The van der Waals surface area contributed by atoms with E-state index in [1.165, 1.54) is 12.1 Å². The molecule has 1 aliphatic heterocycles. The zero-order valence-corrected chi connectivity index (χ0v) is 8.27. The number of fused-ring (bicyclic) bond motifs is 1. The van der Waals surface area contributed by atoms with Gasteiger partial charge in [-0.2, -0.15) is 0 Å². The SMILES string of the molecule is Cl.Cl.NC1CCCn2cncc21. The van der Waals surface area contributed by atoms with Gasteiger partial charge in [0.1, 0.15) is 0 Å². The normalized spacial score (nSPS) is 20.2. The molecule has 2 heterocycles. The number of aryl methyl sites for hydroxylation is 1. The minimum atomic E-state index is 0. The Labute approximate surface area is 84.2 Å². The third kappa shape index (κ3) is 1.91. The molecule has 0 saturated heterocycles. The minimum absolute atomic E-state index is 0. The molecular formula is C7H13Cl2N3. The molecule has 0 amide bonds. The fourth-order valence-corrected chi connectivity index (χ4v) is 1.46. The molecule has 0 spiro atoms. The van der Waals surface area contributed by atoms with Gasteiger partial charge in [0.05, 0.1) is 12.0 Å². The van der Waals surface area contributed by atoms with Crippen LogP contribution >= 0.6 is 24.8 Å². The molecular weight excluding hydrogens is 197 g/mol. The van der Waals surface area contributed by atoms with Gasteiger partial charge in [0, 0.05) is 18.8 Å². The Hall–Kier alpha value is -0.250. The van der Waals surface area contributed by atoms with Gasteiger partial charge in [0.25, 0.3) is 0 Å². The third-order valence-electron chi connectivity index (χ3n) is 2.04. The Bertz CT molecular complexity index is 236. The van der Waals surface area contributed by atoms with Crippen LogP contribution in [0.2, 0.25) is 0 Å². The highest BCUT2D eigenvalue weighted by atomic mass is 35.5. The van der Waals surface area contributed by atoms with Crippen LogP contribution in [0, 0.1) is 0 Å². The quantitative estimate of drug-likeness (QED) is 0.705. The molecule has 1 atom stereocenters. The molecule has 0 fully saturated rings. The Morgan fingerprint density at radius 3 is 2.92 bits per heavy atom. The lowest BCUT2D eigenvalue weighted by Gasteiger charge is -2.19. The van der Waals surface area contributed by atoms with Crippen molar-refractivity contribution in [2.45, 2.75) is 25.4 Å². The van der Waals surface area contributed by atoms with Gasteiger partial charge in [-0.1, -0.05) is 0 Å². The van der Waals surface area contributed by atoms with Crippen LogP contribution in [0.15, 0.2) is 12.5 Å². The largest absolute Gasteiger partial charge is 0.333 e. The number of imidazole rings is 1. The Kier molecular flexibility index (Phi) is 4.60. The molecule has 0 bridgehead atoms. The van der Waals surface area contributed by atoms with Gasteiger partial charge >= 0.3 is 0 Å². The molecule has 3 nitrogen and oxygen atoms in total. The molecule has 2 rings (SSSR count). The zero-order valence-electron chi connectivity index (χ0n) is 6.64. The zero-order chi connectivity index (χ0) is 6.97. The van der Waals surface area contributed by atoms with E-state index in [4.69, 9.17) is 5.73 Å². The second-order valence-electron chi connectivity index (χ2n) is 2.76. The molecule has 0 radical (unpaired) electrons. The summed E-state index contributed by atoms with van der Waals surface area (Å²) in [7, 11) is 0. The summed E-state index contributed by atoms with van der Waals surface area (Å²) in [5, 5.41) is 0. The molecule has 1 aromatic rings. The minimum Gasteiger partial charge on any atom is -0.333 e. The standard InChI is InChI=1S/C7H11N3.2ClH/c8-6-2-1-3-10-5-9-4-7(6)10;;/h4-6H,1-3,8H2;2*1H. The Morgan fingerprint density at radius 2 is 2.25 bits per heavy atom. The first-order valence-corrected chi connectivity index (χ1v) is 3.63. The van der Waals surface area contributed by atoms with Gasteiger partial charge in [-0.05, 0) is 12.8 Å². The molecule has 0 aliphatic carbocycles. The summed E-state index contributed by atoms with van der Waals surface area (Å²) in [5.74, 6) is 0. The molecule has 0 saturated carbocycles. The van der Waals surface area contributed by atoms with Crippen molar-refractivity contribution in [1.29, 1.82) is 0 Å². The van der Waals surface area contributed by atoms with Crippen molar-refractivity contribution in [2.75, 3.05) is 0 Å². The lowest BCUT2D eigenvalue weighted by Crippen LogP contribution is -2.20. The van der Waals surface area contributed by atoms with Gasteiger partial charge < -0.3 is 10.3 Å². The van der Waals surface area contributed by atoms with E-state index in [9.17, 15) is 0 Å². The van der Waals surface area contributed by atoms with Crippen molar-refractivity contribution < 1.29 is 0 Å². The summed E-state index contributed by atoms with van der Waals surface area (Å²) in [6, 6.07) is 0.219. The second-order valence-corrected chi connectivity index (χ2v) is 2.76. The van der Waals surface area contributed by atoms with E-state index < -0.39 is 0 Å². The molecule has 5 heteroatoms. The lowest BCUT2D eigenvalue weighted by atomic mass is 10.1. The summed E-state index contributed by atoms with van der Waals surface area (Å²) in [5.41, 5.74) is 7.02. The van der Waals surface area contributed by atoms with E-state index in [2.05, 4.69) is 9.55 Å². The van der Waals surface area contributed by atoms with Crippen LogP contribution in [0.25, 0.3) is 0 Å². The van der Waals surface area contributed by atoms with E-state index in [0.717, 1.165) is 13.0 Å². The highest BCUT2D eigenvalue weighted by molar-refractivity contribution is 5.85. The lowest BCUT2D eigenvalue weighted by molar-refractivity contribution is 0.463. The van der Waals surface area contributed by atoms with Gasteiger partial charge in [-0.15, -0.1) is 24.8 Å². The van der Waals surface area contributed by atoms with Crippen LogP contribution in [0.1, 0.15) is 24.6 Å². The molecule has 70 valence electrons. The molecule has 1 aromatic heterocycles. The van der Waals surface area contributed by atoms with E-state index in [0.29, 0.717) is 0 Å². The highest BCUT2D eigenvalue weighted by Crippen LogP contribution is 2.20. The molecule has 12 heavy (non-hydrogen) atoms. The maximum Gasteiger partial charge on any atom is 0.0948 e. The Morgan fingerprint density at radius 1 is 1.50 bits per heavy atom. The van der Waals surface area contributed by atoms with Gasteiger partial charge in [-0.25, -0.2) is 4.98 Å². The molecule has 1 aliphatic rings. The Balaban J connectivity index is 0.000000605. The van der Waals surface area contributed by atoms with Crippen LogP contribution in [0.3, 0.4) is 0 Å². The summed E-state index contributed by atoms with van der Waals surface area (Å²) in [4.78, 5) is 4.04. The van der Waals surface area contributed by atoms with Crippen molar-refractivity contribution >= 4 is 24.8 Å². The van der Waals surface area contributed by atoms with Crippen LogP contribution in [-0.2, 0) is 6.54 Å². The van der Waals surface area contributed by atoms with Crippen molar-refractivity contribution in [2.24, 2.45) is 5.73 Å². The van der Waals surface area contributed by atoms with Gasteiger partial charge in [-0.3, -0.25) is 0 Å². The van der Waals surface area contributed by atoms with Gasteiger partial charge in [0.2, 0.25) is 0 Å². The van der Waals surface area contributed by atoms with Gasteiger partial charge in [0.15, 0.2) is 0 Å². The number of rotatable bonds is 0. The number of aromatic nitrogens is 2. The first-order valence-electron chi connectivity index (χ1n) is 3.63. The summed E-state index contributed by atoms with van der Waals surface area (Å²) in [6.07, 6.45) is 6.01. The average molecular weight is 210 g/mol. The van der Waals surface area contributed by atoms with E-state index >= 15 is 0 Å². The van der Waals surface area contributed by atoms with E-state index in [1.54, 1.807) is 0 Å². The molecule has 2 N–H and O–H groups in total. The van der Waals surface area contributed by atoms with Crippen LogP contribution in [-0.4, -0.2) is 9.55 Å². The second kappa shape index (κ2) is 4.70. The highest BCUT2D eigenvalue weighted by Gasteiger charge is 2.15. The van der Waals surface area contributed by atoms with Crippen LogP contribution in [0.4, 0.5) is 0 Å². The predicted octanol–water partition coefficient (Wildman–Crippen LogP) is 1.52. The first-order chi connectivity index (χ1) is 4.88. The maximum absolute atomic E-state index is 5.83. The average Bonchev–Trinajstić information content (AvgIpc) is 2.36. The van der Waals surface area contributed by atoms with Crippen molar-refractivity contribution in [3.63, 3.8) is 0 Å². The number of halogens is 2. The number of hydrogen-bond acceptors (Lipinski definition) is 2. The predicted molar refractivity (Wildman–Crippen MR) is 52.9 cm³/mol. The topological polar surface area (TPSA) is 43.8 Å². The van der Waals surface area contributed by atoms with E-state index in [1.807, 2.05) is 12.5 Å². The molecule has 1 unspecified atom stereocenters. The van der Waals surface area contributed by atoms with Crippen molar-refractivity contribution in [3.05, 3.63) is 18.2 Å². The monoisotopic (exact) mass is 209 g/mol. The third-order valence-corrected chi connectivity index (χ3v) is 2.04. The van der Waals surface area contributed by atoms with Crippen LogP contribution in [0.5, 0.6) is 0 Å². The smallest absolute Gasteiger partial charge is 0.0948 e. The van der Waals surface area contributed by atoms with Crippen LogP contribution < -0.4 is 5.73 Å². The number of hydrogen-bond donors (Lipinski definition) is 1. The van der Waals surface area contributed by atoms with Crippen molar-refractivity contribution in [3.8, 4) is 0 Å².